The van der Waals surface area contributed by atoms with E-state index in [2.05, 4.69) is 20.4 Å². The van der Waals surface area contributed by atoms with Crippen molar-refractivity contribution in [1.29, 1.82) is 0 Å². The van der Waals surface area contributed by atoms with Gasteiger partial charge in [-0.2, -0.15) is 0 Å². The van der Waals surface area contributed by atoms with Crippen molar-refractivity contribution in [2.75, 3.05) is 7.11 Å². The molecule has 0 aliphatic rings. The summed E-state index contributed by atoms with van der Waals surface area (Å²) in [5.41, 5.74) is 3.58. The van der Waals surface area contributed by atoms with Crippen LogP contribution in [0.2, 0.25) is 10.0 Å². The minimum atomic E-state index is -0.548. The number of hydrogen-bond donors (Lipinski definition) is 2. The fourth-order valence-corrected chi connectivity index (χ4v) is 2.11. The molecule has 2 rings (SSSR count). The fraction of sp³-hybridized carbons (Fsp3) is 0.182. The van der Waals surface area contributed by atoms with Crippen molar-refractivity contribution in [3.8, 4) is 5.88 Å². The Kier molecular flexibility index (Phi) is 4.49. The molecule has 0 fully saturated rings. The summed E-state index contributed by atoms with van der Waals surface area (Å²) in [5, 5.41) is 0.818. The Hall–Kier alpha value is -1.47. The zero-order chi connectivity index (χ0) is 13.8. The third kappa shape index (κ3) is 2.93. The Morgan fingerprint density at radius 2 is 1.95 bits per heavy atom. The van der Waals surface area contributed by atoms with Crippen LogP contribution in [0.25, 0.3) is 0 Å². The molecule has 1 atom stereocenters. The number of hydrazine groups is 1. The van der Waals surface area contributed by atoms with Gasteiger partial charge in [0.05, 0.1) is 22.8 Å². The van der Waals surface area contributed by atoms with E-state index in [1.807, 2.05) is 0 Å². The van der Waals surface area contributed by atoms with Gasteiger partial charge in [0.15, 0.2) is 0 Å². The third-order valence-electron chi connectivity index (χ3n) is 2.43. The Morgan fingerprint density at radius 1 is 1.21 bits per heavy atom. The number of methoxy groups -OCH3 is 1. The smallest absolute Gasteiger partial charge is 0.237 e. The van der Waals surface area contributed by atoms with Gasteiger partial charge in [0.25, 0.3) is 0 Å². The van der Waals surface area contributed by atoms with Gasteiger partial charge in [-0.25, -0.2) is 10.4 Å². The van der Waals surface area contributed by atoms with E-state index < -0.39 is 6.04 Å². The molecule has 0 aromatic carbocycles. The molecule has 3 N–H and O–H groups in total. The predicted octanol–water partition coefficient (Wildman–Crippen LogP) is 1.74. The summed E-state index contributed by atoms with van der Waals surface area (Å²) in [6.45, 7) is 0. The molecule has 0 aliphatic carbocycles. The largest absolute Gasteiger partial charge is 0.480 e. The molecule has 0 spiro atoms. The first-order chi connectivity index (χ1) is 9.17. The van der Waals surface area contributed by atoms with Crippen molar-refractivity contribution in [2.45, 2.75) is 6.04 Å². The summed E-state index contributed by atoms with van der Waals surface area (Å²) >= 11 is 11.9. The summed E-state index contributed by atoms with van der Waals surface area (Å²) in [6.07, 6.45) is 4.54. The van der Waals surface area contributed by atoms with Gasteiger partial charge >= 0.3 is 0 Å². The second-order valence-electron chi connectivity index (χ2n) is 3.57. The minimum absolute atomic E-state index is 0.346. The lowest BCUT2D eigenvalue weighted by atomic mass is 10.1. The second kappa shape index (κ2) is 6.12. The number of rotatable bonds is 4. The van der Waals surface area contributed by atoms with Crippen molar-refractivity contribution in [3.05, 3.63) is 46.1 Å². The SMILES string of the molecule is COc1nccnc1C(NN)c1ncc(Cl)cc1Cl. The zero-order valence-corrected chi connectivity index (χ0v) is 11.5. The average molecular weight is 300 g/mol. The number of ether oxygens (including phenoxy) is 1. The van der Waals surface area contributed by atoms with Crippen LogP contribution in [0, 0.1) is 0 Å². The minimum Gasteiger partial charge on any atom is -0.480 e. The number of hydrogen-bond acceptors (Lipinski definition) is 6. The highest BCUT2D eigenvalue weighted by Gasteiger charge is 2.23. The van der Waals surface area contributed by atoms with Crippen LogP contribution in [-0.4, -0.2) is 22.1 Å². The topological polar surface area (TPSA) is 86.0 Å². The van der Waals surface area contributed by atoms with E-state index in [4.69, 9.17) is 33.8 Å². The monoisotopic (exact) mass is 299 g/mol. The zero-order valence-electron chi connectivity index (χ0n) is 9.97. The molecule has 0 amide bonds. The number of nitrogens with one attached hydrogen (secondary N) is 1. The molecule has 2 heterocycles. The predicted molar refractivity (Wildman–Crippen MR) is 72.0 cm³/mol. The van der Waals surface area contributed by atoms with Gasteiger partial charge in [0.2, 0.25) is 5.88 Å². The van der Waals surface area contributed by atoms with E-state index in [0.29, 0.717) is 27.3 Å². The van der Waals surface area contributed by atoms with E-state index in [-0.39, 0.29) is 0 Å². The van der Waals surface area contributed by atoms with Gasteiger partial charge in [0.1, 0.15) is 11.7 Å². The van der Waals surface area contributed by atoms with Gasteiger partial charge < -0.3 is 4.74 Å². The lowest BCUT2D eigenvalue weighted by Gasteiger charge is -2.17. The van der Waals surface area contributed by atoms with E-state index in [1.165, 1.54) is 25.7 Å². The van der Waals surface area contributed by atoms with Crippen LogP contribution in [0.4, 0.5) is 0 Å². The molecule has 1 unspecified atom stereocenters. The van der Waals surface area contributed by atoms with Crippen molar-refractivity contribution in [1.82, 2.24) is 20.4 Å². The van der Waals surface area contributed by atoms with Gasteiger partial charge in [0, 0.05) is 18.6 Å². The normalized spacial score (nSPS) is 12.2. The number of halogens is 2. The van der Waals surface area contributed by atoms with Crippen LogP contribution >= 0.6 is 23.2 Å². The first kappa shape index (κ1) is 14.0. The second-order valence-corrected chi connectivity index (χ2v) is 4.41. The molecule has 0 bridgehead atoms. The first-order valence-electron chi connectivity index (χ1n) is 5.29. The Balaban J connectivity index is 2.50. The molecule has 0 saturated carbocycles. The molecule has 6 nitrogen and oxygen atoms in total. The number of nitrogens with zero attached hydrogens (tertiary/aromatic N) is 3. The van der Waals surface area contributed by atoms with Crippen LogP contribution in [0.1, 0.15) is 17.4 Å². The maximum atomic E-state index is 6.12. The van der Waals surface area contributed by atoms with E-state index in [1.54, 1.807) is 6.07 Å². The van der Waals surface area contributed by atoms with Crippen LogP contribution in [0.3, 0.4) is 0 Å². The summed E-state index contributed by atoms with van der Waals surface area (Å²) < 4.78 is 5.15. The maximum Gasteiger partial charge on any atom is 0.237 e. The molecule has 0 aliphatic heterocycles. The highest BCUT2D eigenvalue weighted by atomic mass is 35.5. The first-order valence-corrected chi connectivity index (χ1v) is 6.05. The molecular formula is C11H11Cl2N5O. The van der Waals surface area contributed by atoms with Crippen LogP contribution in [0.15, 0.2) is 24.7 Å². The van der Waals surface area contributed by atoms with Crippen molar-refractivity contribution >= 4 is 23.2 Å². The van der Waals surface area contributed by atoms with E-state index >= 15 is 0 Å². The van der Waals surface area contributed by atoms with Crippen molar-refractivity contribution in [3.63, 3.8) is 0 Å². The summed E-state index contributed by atoms with van der Waals surface area (Å²) in [6, 6.07) is 1.03. The molecule has 8 heteroatoms. The van der Waals surface area contributed by atoms with E-state index in [9.17, 15) is 0 Å². The fourth-order valence-electron chi connectivity index (χ4n) is 1.62. The van der Waals surface area contributed by atoms with E-state index in [0.717, 1.165) is 0 Å². The maximum absolute atomic E-state index is 6.12. The number of nitrogens with two attached hydrogens (primary N) is 1. The Bertz CT molecular complexity index is 581. The molecule has 2 aromatic heterocycles. The summed E-state index contributed by atoms with van der Waals surface area (Å²) in [4.78, 5) is 12.4. The van der Waals surface area contributed by atoms with Gasteiger partial charge in [-0.15, -0.1) is 0 Å². The Morgan fingerprint density at radius 3 is 2.58 bits per heavy atom. The lowest BCUT2D eigenvalue weighted by molar-refractivity contribution is 0.382. The van der Waals surface area contributed by atoms with Gasteiger partial charge in [-0.05, 0) is 6.07 Å². The molecule has 19 heavy (non-hydrogen) atoms. The van der Waals surface area contributed by atoms with Crippen LogP contribution in [-0.2, 0) is 0 Å². The summed E-state index contributed by atoms with van der Waals surface area (Å²) in [5.74, 6) is 5.91. The average Bonchev–Trinajstić information content (AvgIpc) is 2.42. The van der Waals surface area contributed by atoms with Crippen molar-refractivity contribution < 1.29 is 4.74 Å². The third-order valence-corrected chi connectivity index (χ3v) is 2.94. The van der Waals surface area contributed by atoms with Crippen LogP contribution < -0.4 is 16.0 Å². The molecular weight excluding hydrogens is 289 g/mol. The van der Waals surface area contributed by atoms with Crippen LogP contribution in [0.5, 0.6) is 5.88 Å². The lowest BCUT2D eigenvalue weighted by Crippen LogP contribution is -2.31. The summed E-state index contributed by atoms with van der Waals surface area (Å²) in [7, 11) is 1.50. The number of pyridine rings is 1. The number of aromatic nitrogens is 3. The van der Waals surface area contributed by atoms with Gasteiger partial charge in [-0.3, -0.25) is 15.8 Å². The van der Waals surface area contributed by atoms with Gasteiger partial charge in [-0.1, -0.05) is 23.2 Å². The quantitative estimate of drug-likeness (QED) is 0.661. The molecule has 0 radical (unpaired) electrons. The van der Waals surface area contributed by atoms with Crippen molar-refractivity contribution in [2.24, 2.45) is 5.84 Å². The highest BCUT2D eigenvalue weighted by molar-refractivity contribution is 6.34. The standard InChI is InChI=1S/C11H11Cl2N5O/c1-19-11-10(15-2-3-16-11)9(18-14)8-7(13)4-6(12)5-17-8/h2-5,9,18H,14H2,1H3. The molecule has 100 valence electrons. The Labute approximate surface area is 119 Å². The molecule has 0 saturated heterocycles. The molecule has 2 aromatic rings. The highest BCUT2D eigenvalue weighted by Crippen LogP contribution is 2.30.